The van der Waals surface area contributed by atoms with Gasteiger partial charge in [0, 0.05) is 5.69 Å². The Balaban J connectivity index is 1.86. The van der Waals surface area contributed by atoms with Crippen molar-refractivity contribution < 1.29 is 19.1 Å². The number of benzene rings is 1. The number of thiophene rings is 1. The molecule has 9 heteroatoms. The average molecular weight is 429 g/mol. The van der Waals surface area contributed by atoms with Crippen molar-refractivity contribution in [3.05, 3.63) is 50.9 Å². The summed E-state index contributed by atoms with van der Waals surface area (Å²) in [5.74, 6) is 0.271. The van der Waals surface area contributed by atoms with Gasteiger partial charge in [0.15, 0.2) is 0 Å². The lowest BCUT2D eigenvalue weighted by atomic mass is 10.2. The molecule has 0 spiro atoms. The highest BCUT2D eigenvalue weighted by molar-refractivity contribution is 7.20. The van der Waals surface area contributed by atoms with Gasteiger partial charge in [-0.05, 0) is 57.5 Å². The second-order valence-corrected chi connectivity index (χ2v) is 7.51. The first kappa shape index (κ1) is 21.5. The highest BCUT2D eigenvalue weighted by Gasteiger charge is 2.22. The molecule has 3 rings (SSSR count). The van der Waals surface area contributed by atoms with Crippen LogP contribution in [0.4, 0.5) is 5.69 Å². The Morgan fingerprint density at radius 3 is 2.47 bits per heavy atom. The van der Waals surface area contributed by atoms with Gasteiger partial charge < -0.3 is 14.8 Å². The van der Waals surface area contributed by atoms with Crippen molar-refractivity contribution in [2.75, 3.05) is 18.5 Å². The highest BCUT2D eigenvalue weighted by Crippen LogP contribution is 2.28. The minimum atomic E-state index is -0.477. The summed E-state index contributed by atoms with van der Waals surface area (Å²) in [6.07, 6.45) is 0. The maximum Gasteiger partial charge on any atom is 0.348 e. The molecule has 1 aromatic carbocycles. The topological polar surface area (TPSA) is 99.5 Å². The molecule has 0 radical (unpaired) electrons. The lowest BCUT2D eigenvalue weighted by molar-refractivity contribution is -0.116. The van der Waals surface area contributed by atoms with Crippen LogP contribution in [0, 0.1) is 13.8 Å². The number of hydrogen-bond acceptors (Lipinski definition) is 7. The first-order valence-electron chi connectivity index (χ1n) is 9.56. The molecule has 1 amide bonds. The lowest BCUT2D eigenvalue weighted by Gasteiger charge is -2.11. The van der Waals surface area contributed by atoms with Crippen molar-refractivity contribution in [1.29, 1.82) is 0 Å². The van der Waals surface area contributed by atoms with E-state index < -0.39 is 5.97 Å². The molecule has 1 N–H and O–H groups in total. The van der Waals surface area contributed by atoms with Gasteiger partial charge in [-0.2, -0.15) is 0 Å². The van der Waals surface area contributed by atoms with Crippen LogP contribution in [0.3, 0.4) is 0 Å². The van der Waals surface area contributed by atoms with Crippen molar-refractivity contribution in [2.24, 2.45) is 0 Å². The van der Waals surface area contributed by atoms with Crippen LogP contribution < -0.4 is 15.6 Å². The third-order valence-electron chi connectivity index (χ3n) is 4.45. The number of anilines is 1. The van der Waals surface area contributed by atoms with Crippen LogP contribution in [-0.4, -0.2) is 34.6 Å². The minimum Gasteiger partial charge on any atom is -0.494 e. The summed E-state index contributed by atoms with van der Waals surface area (Å²) in [5.41, 5.74) is 0.759. The Bertz CT molecular complexity index is 1150. The Morgan fingerprint density at radius 1 is 1.13 bits per heavy atom. The summed E-state index contributed by atoms with van der Waals surface area (Å²) in [6, 6.07) is 6.98. The zero-order valence-corrected chi connectivity index (χ0v) is 18.1. The van der Waals surface area contributed by atoms with Crippen LogP contribution in [0.5, 0.6) is 5.75 Å². The number of nitrogens with zero attached hydrogens (tertiary/aromatic N) is 2. The Kier molecular flexibility index (Phi) is 6.51. The largest absolute Gasteiger partial charge is 0.494 e. The van der Waals surface area contributed by atoms with E-state index in [0.717, 1.165) is 11.3 Å². The zero-order chi connectivity index (χ0) is 21.8. The molecule has 0 atom stereocenters. The summed E-state index contributed by atoms with van der Waals surface area (Å²) < 4.78 is 11.7. The number of carbonyl (C=O) groups is 2. The van der Waals surface area contributed by atoms with E-state index in [1.807, 2.05) is 6.92 Å². The number of hydrogen-bond donors (Lipinski definition) is 1. The summed E-state index contributed by atoms with van der Waals surface area (Å²) in [7, 11) is 0. The molecule has 0 saturated heterocycles. The summed E-state index contributed by atoms with van der Waals surface area (Å²) >= 11 is 1.12. The zero-order valence-electron chi connectivity index (χ0n) is 17.3. The van der Waals surface area contributed by atoms with E-state index in [2.05, 4.69) is 10.3 Å². The van der Waals surface area contributed by atoms with Crippen molar-refractivity contribution in [3.63, 3.8) is 0 Å². The molecule has 0 aliphatic heterocycles. The fourth-order valence-corrected chi connectivity index (χ4v) is 4.15. The molecule has 2 heterocycles. The number of rotatable bonds is 7. The van der Waals surface area contributed by atoms with E-state index >= 15 is 0 Å². The first-order valence-corrected chi connectivity index (χ1v) is 10.4. The molecule has 158 valence electrons. The lowest BCUT2D eigenvalue weighted by Crippen LogP contribution is -2.30. The third-order valence-corrected chi connectivity index (χ3v) is 5.62. The van der Waals surface area contributed by atoms with Crippen LogP contribution >= 0.6 is 11.3 Å². The highest BCUT2D eigenvalue weighted by atomic mass is 32.1. The number of amides is 1. The second-order valence-electron chi connectivity index (χ2n) is 6.51. The van der Waals surface area contributed by atoms with E-state index in [9.17, 15) is 14.4 Å². The first-order chi connectivity index (χ1) is 14.3. The molecular weight excluding hydrogens is 406 g/mol. The number of nitrogens with one attached hydrogen (secondary N) is 1. The summed E-state index contributed by atoms with van der Waals surface area (Å²) in [6.45, 7) is 7.57. The Labute approximate surface area is 177 Å². The standard InChI is InChI=1S/C21H23N3O5S/c1-5-28-15-9-7-14(8-10-15)23-16(25)11-24-13(4)22-19-17(20(24)26)12(3)18(30-19)21(27)29-6-2/h7-10H,5-6,11H2,1-4H3,(H,23,25). The molecule has 0 fully saturated rings. The summed E-state index contributed by atoms with van der Waals surface area (Å²) in [4.78, 5) is 42.9. The van der Waals surface area contributed by atoms with Crippen LogP contribution in [0.15, 0.2) is 29.1 Å². The molecule has 2 aromatic heterocycles. The van der Waals surface area contributed by atoms with Crippen molar-refractivity contribution in [2.45, 2.75) is 34.2 Å². The predicted octanol–water partition coefficient (Wildman–Crippen LogP) is 3.29. The predicted molar refractivity (Wildman–Crippen MR) is 116 cm³/mol. The van der Waals surface area contributed by atoms with Crippen LogP contribution in [0.2, 0.25) is 0 Å². The van der Waals surface area contributed by atoms with Crippen molar-refractivity contribution in [1.82, 2.24) is 9.55 Å². The number of esters is 1. The molecule has 0 saturated carbocycles. The minimum absolute atomic E-state index is 0.190. The quantitative estimate of drug-likeness (QED) is 0.579. The van der Waals surface area contributed by atoms with Gasteiger partial charge >= 0.3 is 5.97 Å². The van der Waals surface area contributed by atoms with Gasteiger partial charge in [-0.3, -0.25) is 14.2 Å². The van der Waals surface area contributed by atoms with E-state index in [-0.39, 0.29) is 24.6 Å². The SMILES string of the molecule is CCOC(=O)c1sc2nc(C)n(CC(=O)Nc3ccc(OCC)cc3)c(=O)c2c1C. The Hall–Kier alpha value is -3.20. The van der Waals surface area contributed by atoms with Gasteiger partial charge in [0.1, 0.15) is 27.8 Å². The average Bonchev–Trinajstić information content (AvgIpc) is 3.03. The van der Waals surface area contributed by atoms with E-state index in [1.165, 1.54) is 4.57 Å². The fourth-order valence-electron chi connectivity index (χ4n) is 3.04. The fraction of sp³-hybridized carbons (Fsp3) is 0.333. The molecule has 8 nitrogen and oxygen atoms in total. The second kappa shape index (κ2) is 9.08. The van der Waals surface area contributed by atoms with Crippen LogP contribution in [-0.2, 0) is 16.1 Å². The van der Waals surface area contributed by atoms with Gasteiger partial charge in [-0.1, -0.05) is 0 Å². The van der Waals surface area contributed by atoms with Crippen molar-refractivity contribution >= 4 is 39.1 Å². The monoisotopic (exact) mass is 429 g/mol. The smallest absolute Gasteiger partial charge is 0.348 e. The molecule has 0 aliphatic carbocycles. The van der Waals surface area contributed by atoms with E-state index in [1.54, 1.807) is 45.0 Å². The van der Waals surface area contributed by atoms with Gasteiger partial charge in [-0.15, -0.1) is 11.3 Å². The molecular formula is C21H23N3O5S. The number of aryl methyl sites for hydroxylation is 2. The Morgan fingerprint density at radius 2 is 1.83 bits per heavy atom. The van der Waals surface area contributed by atoms with E-state index in [0.29, 0.717) is 44.5 Å². The van der Waals surface area contributed by atoms with Gasteiger partial charge in [-0.25, -0.2) is 9.78 Å². The van der Waals surface area contributed by atoms with Gasteiger partial charge in [0.05, 0.1) is 18.6 Å². The summed E-state index contributed by atoms with van der Waals surface area (Å²) in [5, 5.41) is 3.10. The number of ether oxygens (including phenoxy) is 2. The number of aromatic nitrogens is 2. The molecule has 3 aromatic rings. The number of carbonyl (C=O) groups excluding carboxylic acids is 2. The maximum absolute atomic E-state index is 13.0. The molecule has 0 bridgehead atoms. The van der Waals surface area contributed by atoms with Gasteiger partial charge in [0.2, 0.25) is 5.91 Å². The van der Waals surface area contributed by atoms with Gasteiger partial charge in [0.25, 0.3) is 5.56 Å². The van der Waals surface area contributed by atoms with E-state index in [4.69, 9.17) is 9.47 Å². The number of fused-ring (bicyclic) bond motifs is 1. The van der Waals surface area contributed by atoms with Crippen molar-refractivity contribution in [3.8, 4) is 5.75 Å². The third kappa shape index (κ3) is 4.35. The van der Waals surface area contributed by atoms with Crippen LogP contribution in [0.25, 0.3) is 10.2 Å². The molecule has 0 aliphatic rings. The molecule has 30 heavy (non-hydrogen) atoms. The normalized spacial score (nSPS) is 10.8. The maximum atomic E-state index is 13.0. The molecule has 0 unspecified atom stereocenters. The van der Waals surface area contributed by atoms with Crippen LogP contribution in [0.1, 0.15) is 34.9 Å².